The van der Waals surface area contributed by atoms with E-state index in [1.165, 1.54) is 7.11 Å². The highest BCUT2D eigenvalue weighted by Gasteiger charge is 2.35. The third kappa shape index (κ3) is 5.75. The lowest BCUT2D eigenvalue weighted by Gasteiger charge is -2.36. The van der Waals surface area contributed by atoms with Gasteiger partial charge in [-0.2, -0.15) is 0 Å². The lowest BCUT2D eigenvalue weighted by Crippen LogP contribution is -2.28. The van der Waals surface area contributed by atoms with Crippen molar-refractivity contribution < 1.29 is 28.2 Å². The van der Waals surface area contributed by atoms with Crippen LogP contribution in [0, 0.1) is 18.3 Å². The zero-order valence-electron chi connectivity index (χ0n) is 24.4. The van der Waals surface area contributed by atoms with E-state index in [2.05, 4.69) is 26.8 Å². The van der Waals surface area contributed by atoms with Gasteiger partial charge >= 0.3 is 11.9 Å². The molecule has 2 aromatic carbocycles. The number of rotatable bonds is 6. The zero-order chi connectivity index (χ0) is 29.3. The predicted octanol–water partition coefficient (Wildman–Crippen LogP) is 7.44. The van der Waals surface area contributed by atoms with Crippen molar-refractivity contribution in [2.75, 3.05) is 14.2 Å². The van der Waals surface area contributed by atoms with Crippen LogP contribution in [0.3, 0.4) is 0 Å². The van der Waals surface area contributed by atoms with Crippen LogP contribution in [-0.4, -0.2) is 31.1 Å². The first-order valence-electron chi connectivity index (χ1n) is 13.7. The Morgan fingerprint density at radius 2 is 1.76 bits per heavy atom. The maximum absolute atomic E-state index is 13.9. The molecule has 41 heavy (non-hydrogen) atoms. The normalized spacial score (nSPS) is 16.0. The molecule has 212 valence electrons. The van der Waals surface area contributed by atoms with Gasteiger partial charge in [0.1, 0.15) is 29.4 Å². The Labute approximate surface area is 240 Å². The number of aromatic nitrogens is 1. The van der Waals surface area contributed by atoms with Crippen LogP contribution < -0.4 is 4.74 Å². The topological polar surface area (TPSA) is 87.9 Å². The summed E-state index contributed by atoms with van der Waals surface area (Å²) >= 11 is 0. The first kappa shape index (κ1) is 28.1. The van der Waals surface area contributed by atoms with E-state index in [1.807, 2.05) is 48.5 Å². The summed E-state index contributed by atoms with van der Waals surface area (Å²) in [5.41, 5.74) is 5.41. The molecule has 0 spiro atoms. The van der Waals surface area contributed by atoms with Crippen molar-refractivity contribution in [3.05, 3.63) is 94.1 Å². The van der Waals surface area contributed by atoms with Crippen molar-refractivity contribution in [2.24, 2.45) is 11.3 Å². The number of benzene rings is 2. The van der Waals surface area contributed by atoms with E-state index in [-0.39, 0.29) is 17.9 Å². The Bertz CT molecular complexity index is 1640. The summed E-state index contributed by atoms with van der Waals surface area (Å²) in [6.45, 7) is 8.27. The first-order chi connectivity index (χ1) is 19.6. The summed E-state index contributed by atoms with van der Waals surface area (Å²) in [7, 11) is 2.97. The number of carbonyl (C=O) groups is 2. The molecule has 0 fully saturated rings. The lowest BCUT2D eigenvalue weighted by molar-refractivity contribution is 0.0443. The largest absolute Gasteiger partial charge is 0.497 e. The second-order valence-electron chi connectivity index (χ2n) is 11.5. The maximum atomic E-state index is 13.9. The molecule has 0 aliphatic heterocycles. The fourth-order valence-electron chi connectivity index (χ4n) is 5.41. The van der Waals surface area contributed by atoms with E-state index in [1.54, 1.807) is 20.1 Å². The number of hydrogen-bond donors (Lipinski definition) is 0. The Balaban J connectivity index is 1.59. The molecular formula is C34H35NO6. The van der Waals surface area contributed by atoms with E-state index < -0.39 is 11.9 Å². The van der Waals surface area contributed by atoms with Gasteiger partial charge in [-0.3, -0.25) is 0 Å². The lowest BCUT2D eigenvalue weighted by atomic mass is 9.69. The van der Waals surface area contributed by atoms with Crippen LogP contribution in [0.25, 0.3) is 22.6 Å². The van der Waals surface area contributed by atoms with Gasteiger partial charge in [0.25, 0.3) is 0 Å². The minimum Gasteiger partial charge on any atom is -0.497 e. The van der Waals surface area contributed by atoms with Gasteiger partial charge in [0, 0.05) is 5.39 Å². The number of methoxy groups -OCH3 is 2. The molecule has 1 aliphatic carbocycles. The van der Waals surface area contributed by atoms with Gasteiger partial charge in [-0.15, -0.1) is 0 Å². The first-order valence-corrected chi connectivity index (χ1v) is 13.7. The molecule has 1 atom stereocenters. The third-order valence-electron chi connectivity index (χ3n) is 7.82. The summed E-state index contributed by atoms with van der Waals surface area (Å²) in [4.78, 5) is 31.0. The average Bonchev–Trinajstić information content (AvgIpc) is 3.34. The highest BCUT2D eigenvalue weighted by Crippen LogP contribution is 2.45. The number of para-hydroxylation sites is 1. The SMILES string of the molecule is COC(=O)c1cc(COC(=O)c2c3c(nc4ccccc24)/C(=C\c2ccc(OC)cc2)CC(C(C)(C)C)C3)oc1C. The van der Waals surface area contributed by atoms with Crippen LogP contribution in [-0.2, 0) is 22.5 Å². The molecule has 4 aromatic rings. The fraction of sp³-hybridized carbons (Fsp3) is 0.324. The van der Waals surface area contributed by atoms with Crippen LogP contribution in [0.1, 0.15) is 76.2 Å². The second kappa shape index (κ2) is 11.2. The van der Waals surface area contributed by atoms with Gasteiger partial charge in [0.2, 0.25) is 0 Å². The number of carbonyl (C=O) groups excluding carboxylic acids is 2. The molecule has 2 aromatic heterocycles. The minimum absolute atomic E-state index is 0.000506. The van der Waals surface area contributed by atoms with E-state index >= 15 is 0 Å². The Morgan fingerprint density at radius 1 is 1.02 bits per heavy atom. The zero-order valence-corrected chi connectivity index (χ0v) is 24.4. The van der Waals surface area contributed by atoms with Crippen molar-refractivity contribution >= 4 is 34.5 Å². The molecule has 7 heteroatoms. The Morgan fingerprint density at radius 3 is 2.44 bits per heavy atom. The van der Waals surface area contributed by atoms with Gasteiger partial charge < -0.3 is 18.6 Å². The van der Waals surface area contributed by atoms with Gasteiger partial charge in [-0.1, -0.05) is 51.1 Å². The van der Waals surface area contributed by atoms with Gasteiger partial charge in [-0.25, -0.2) is 14.6 Å². The number of aryl methyl sites for hydroxylation is 1. The van der Waals surface area contributed by atoms with Gasteiger partial charge in [0.15, 0.2) is 0 Å². The van der Waals surface area contributed by atoms with E-state index in [0.29, 0.717) is 29.1 Å². The maximum Gasteiger partial charge on any atom is 0.341 e. The number of allylic oxidation sites excluding steroid dienone is 1. The van der Waals surface area contributed by atoms with Crippen LogP contribution in [0.15, 0.2) is 59.0 Å². The number of furan rings is 1. The number of hydrogen-bond acceptors (Lipinski definition) is 7. The molecule has 0 N–H and O–H groups in total. The predicted molar refractivity (Wildman–Crippen MR) is 158 cm³/mol. The van der Waals surface area contributed by atoms with E-state index in [4.69, 9.17) is 23.6 Å². The minimum atomic E-state index is -0.498. The van der Waals surface area contributed by atoms with Gasteiger partial charge in [0.05, 0.1) is 31.0 Å². The summed E-state index contributed by atoms with van der Waals surface area (Å²) in [6, 6.07) is 17.2. The molecule has 5 rings (SSSR count). The standard InChI is InChI=1S/C34H35NO6/c1-20-27(32(36)39-6)18-25(41-20)19-40-33(37)30-26-9-7-8-10-29(26)35-31-22(15-21-11-13-24(38-5)14-12-21)16-23(17-28(30)31)34(2,3)4/h7-15,18,23H,16-17,19H2,1-6H3/b22-15-. The number of esters is 2. The number of ether oxygens (including phenoxy) is 3. The second-order valence-corrected chi connectivity index (χ2v) is 11.5. The highest BCUT2D eigenvalue weighted by molar-refractivity contribution is 6.06. The smallest absolute Gasteiger partial charge is 0.341 e. The van der Waals surface area contributed by atoms with Crippen LogP contribution >= 0.6 is 0 Å². The molecule has 0 radical (unpaired) electrons. The number of pyridine rings is 1. The third-order valence-corrected chi connectivity index (χ3v) is 7.82. The van der Waals surface area contributed by atoms with E-state index in [9.17, 15) is 9.59 Å². The quantitative estimate of drug-likeness (QED) is 0.229. The van der Waals surface area contributed by atoms with E-state index in [0.717, 1.165) is 45.5 Å². The number of fused-ring (bicyclic) bond motifs is 2. The molecule has 0 saturated heterocycles. The van der Waals surface area contributed by atoms with Crippen molar-refractivity contribution in [2.45, 2.75) is 47.1 Å². The summed E-state index contributed by atoms with van der Waals surface area (Å²) < 4.78 is 21.6. The van der Waals surface area contributed by atoms with Gasteiger partial charge in [-0.05, 0) is 78.1 Å². The molecule has 0 amide bonds. The van der Waals surface area contributed by atoms with Crippen LogP contribution in [0.2, 0.25) is 0 Å². The number of nitrogens with zero attached hydrogens (tertiary/aromatic N) is 1. The average molecular weight is 554 g/mol. The summed E-state index contributed by atoms with van der Waals surface area (Å²) in [5.74, 6) is 0.911. The molecule has 0 bridgehead atoms. The van der Waals surface area contributed by atoms with Crippen LogP contribution in [0.5, 0.6) is 5.75 Å². The van der Waals surface area contributed by atoms with Crippen molar-refractivity contribution in [1.82, 2.24) is 4.98 Å². The molecule has 1 unspecified atom stereocenters. The molecule has 7 nitrogen and oxygen atoms in total. The van der Waals surface area contributed by atoms with Crippen molar-refractivity contribution in [3.63, 3.8) is 0 Å². The molecule has 2 heterocycles. The van der Waals surface area contributed by atoms with Crippen molar-refractivity contribution in [3.8, 4) is 5.75 Å². The highest BCUT2D eigenvalue weighted by atomic mass is 16.5. The molecule has 0 saturated carbocycles. The molecule has 1 aliphatic rings. The fourth-order valence-corrected chi connectivity index (χ4v) is 5.41. The van der Waals surface area contributed by atoms with Crippen molar-refractivity contribution in [1.29, 1.82) is 0 Å². The monoisotopic (exact) mass is 553 g/mol. The summed E-state index contributed by atoms with van der Waals surface area (Å²) in [6.07, 6.45) is 3.70. The Kier molecular flexibility index (Phi) is 7.72. The summed E-state index contributed by atoms with van der Waals surface area (Å²) in [5, 5.41) is 0.750. The molecular weight excluding hydrogens is 518 g/mol. The van der Waals surface area contributed by atoms with Crippen LogP contribution in [0.4, 0.5) is 0 Å². The Hall–Kier alpha value is -4.39.